The zero-order valence-corrected chi connectivity index (χ0v) is 22.5. The molecule has 0 atom stereocenters. The average molecular weight is 550 g/mol. The zero-order valence-electron chi connectivity index (χ0n) is 20.8. The second-order valence-corrected chi connectivity index (χ2v) is 12.2. The van der Waals surface area contributed by atoms with Crippen molar-refractivity contribution in [2.24, 2.45) is 0 Å². The van der Waals surface area contributed by atoms with Crippen LogP contribution in [-0.4, -0.2) is 29.3 Å². The Labute approximate surface area is 223 Å². The van der Waals surface area contributed by atoms with Gasteiger partial charge in [0.05, 0.1) is 15.5 Å². The van der Waals surface area contributed by atoms with Crippen LogP contribution in [-0.2, 0) is 24.8 Å². The predicted octanol–water partition coefficient (Wildman–Crippen LogP) is 4.94. The van der Waals surface area contributed by atoms with Crippen LogP contribution in [0.3, 0.4) is 0 Å². The fourth-order valence-electron chi connectivity index (χ4n) is 3.87. The lowest BCUT2D eigenvalue weighted by molar-refractivity contribution is -0.114. The first-order chi connectivity index (χ1) is 18.1. The minimum Gasteiger partial charge on any atom is -0.325 e. The number of sulfonamides is 2. The van der Waals surface area contributed by atoms with E-state index >= 15 is 0 Å². The summed E-state index contributed by atoms with van der Waals surface area (Å²) in [6.07, 6.45) is 0. The lowest BCUT2D eigenvalue weighted by Gasteiger charge is -2.26. The topological polar surface area (TPSA) is 113 Å². The Balaban J connectivity index is 1.55. The molecule has 0 spiro atoms. The van der Waals surface area contributed by atoms with E-state index in [9.17, 15) is 21.6 Å². The van der Waals surface area contributed by atoms with Gasteiger partial charge in [-0.05, 0) is 74.0 Å². The lowest BCUT2D eigenvalue weighted by Crippen LogP contribution is -2.38. The van der Waals surface area contributed by atoms with Crippen LogP contribution in [0.5, 0.6) is 0 Å². The smallest absolute Gasteiger partial charge is 0.264 e. The highest BCUT2D eigenvalue weighted by molar-refractivity contribution is 7.93. The van der Waals surface area contributed by atoms with Crippen LogP contribution in [0, 0.1) is 13.8 Å². The number of hydrogen-bond acceptors (Lipinski definition) is 5. The molecule has 0 aliphatic rings. The molecule has 8 nitrogen and oxygen atoms in total. The van der Waals surface area contributed by atoms with E-state index in [1.54, 1.807) is 67.6 Å². The Morgan fingerprint density at radius 2 is 1.32 bits per heavy atom. The molecule has 0 saturated carbocycles. The van der Waals surface area contributed by atoms with Crippen molar-refractivity contribution in [1.29, 1.82) is 0 Å². The van der Waals surface area contributed by atoms with Crippen molar-refractivity contribution in [3.8, 4) is 0 Å². The molecule has 0 saturated heterocycles. The van der Waals surface area contributed by atoms with Gasteiger partial charge < -0.3 is 5.32 Å². The number of para-hydroxylation sites is 1. The Kier molecular flexibility index (Phi) is 7.84. The number of carbonyl (C=O) groups is 1. The maximum absolute atomic E-state index is 13.5. The summed E-state index contributed by atoms with van der Waals surface area (Å²) >= 11 is 0. The number of nitrogens with one attached hydrogen (secondary N) is 2. The van der Waals surface area contributed by atoms with Gasteiger partial charge in [-0.25, -0.2) is 16.8 Å². The minimum atomic E-state index is -4.05. The summed E-state index contributed by atoms with van der Waals surface area (Å²) < 4.78 is 56.0. The van der Waals surface area contributed by atoms with Gasteiger partial charge in [0.15, 0.2) is 0 Å². The molecule has 2 N–H and O–H groups in total. The molecule has 10 heteroatoms. The fraction of sp³-hybridized carbons (Fsp3) is 0.107. The summed E-state index contributed by atoms with van der Waals surface area (Å²) in [4.78, 5) is 13.1. The van der Waals surface area contributed by atoms with Crippen LogP contribution in [0.25, 0.3) is 0 Å². The molecule has 0 unspecified atom stereocenters. The van der Waals surface area contributed by atoms with E-state index < -0.39 is 32.5 Å². The lowest BCUT2D eigenvalue weighted by atomic mass is 10.1. The average Bonchev–Trinajstić information content (AvgIpc) is 2.89. The molecule has 4 aromatic rings. The molecule has 1 amide bonds. The van der Waals surface area contributed by atoms with Gasteiger partial charge >= 0.3 is 0 Å². The van der Waals surface area contributed by atoms with Crippen molar-refractivity contribution in [2.75, 3.05) is 20.9 Å². The summed E-state index contributed by atoms with van der Waals surface area (Å²) in [5.41, 5.74) is 2.81. The molecular weight excluding hydrogens is 522 g/mol. The largest absolute Gasteiger partial charge is 0.325 e. The number of hydrogen-bond donors (Lipinski definition) is 2. The Bertz CT molecular complexity index is 1640. The van der Waals surface area contributed by atoms with E-state index in [0.717, 1.165) is 9.87 Å². The first-order valence-electron chi connectivity index (χ1n) is 11.7. The summed E-state index contributed by atoms with van der Waals surface area (Å²) in [6, 6.07) is 27.3. The summed E-state index contributed by atoms with van der Waals surface area (Å²) in [6.45, 7) is 3.21. The van der Waals surface area contributed by atoms with Gasteiger partial charge in [0, 0.05) is 11.4 Å². The Hall–Kier alpha value is -4.15. The molecule has 0 bridgehead atoms. The molecule has 4 rings (SSSR count). The number of aryl methyl sites for hydroxylation is 2. The van der Waals surface area contributed by atoms with Gasteiger partial charge in [-0.1, -0.05) is 54.1 Å². The third-order valence-electron chi connectivity index (χ3n) is 5.71. The van der Waals surface area contributed by atoms with Crippen LogP contribution in [0.15, 0.2) is 113 Å². The SMILES string of the molecule is Cc1ccc(N(CC(=O)Nc2ccc(S(=O)(=O)Nc3ccccc3)cc2)S(=O)(=O)c2ccccc2)c(C)c1. The first-order valence-corrected chi connectivity index (χ1v) is 14.6. The summed E-state index contributed by atoms with van der Waals surface area (Å²) in [5.74, 6) is -0.581. The molecule has 0 aliphatic heterocycles. The van der Waals surface area contributed by atoms with Crippen molar-refractivity contribution in [2.45, 2.75) is 23.6 Å². The molecule has 38 heavy (non-hydrogen) atoms. The minimum absolute atomic E-state index is 0.0166. The third-order valence-corrected chi connectivity index (χ3v) is 8.88. The van der Waals surface area contributed by atoms with Crippen molar-refractivity contribution >= 4 is 43.0 Å². The molecule has 196 valence electrons. The quantitative estimate of drug-likeness (QED) is 0.307. The van der Waals surface area contributed by atoms with Crippen LogP contribution in [0.2, 0.25) is 0 Å². The van der Waals surface area contributed by atoms with Crippen molar-refractivity contribution < 1.29 is 21.6 Å². The number of nitrogens with zero attached hydrogens (tertiary/aromatic N) is 1. The van der Waals surface area contributed by atoms with E-state index in [2.05, 4.69) is 10.0 Å². The molecule has 0 aromatic heterocycles. The maximum Gasteiger partial charge on any atom is 0.264 e. The van der Waals surface area contributed by atoms with Gasteiger partial charge in [-0.2, -0.15) is 0 Å². The van der Waals surface area contributed by atoms with Gasteiger partial charge in [-0.15, -0.1) is 0 Å². The highest BCUT2D eigenvalue weighted by Gasteiger charge is 2.28. The van der Waals surface area contributed by atoms with Gasteiger partial charge in [0.1, 0.15) is 6.54 Å². The van der Waals surface area contributed by atoms with Crippen LogP contribution >= 0.6 is 0 Å². The third kappa shape index (κ3) is 6.21. The van der Waals surface area contributed by atoms with Gasteiger partial charge in [0.2, 0.25) is 5.91 Å². The van der Waals surface area contributed by atoms with Gasteiger partial charge in [0.25, 0.3) is 20.0 Å². The molecule has 0 fully saturated rings. The van der Waals surface area contributed by atoms with Crippen LogP contribution in [0.4, 0.5) is 17.1 Å². The standard InChI is InChI=1S/C28H27N3O5S2/c1-21-13-18-27(22(2)19-21)31(38(35,36)26-11-7-4-8-12-26)20-28(32)29-23-14-16-25(17-15-23)37(33,34)30-24-9-5-3-6-10-24/h3-19,30H,20H2,1-2H3,(H,29,32). The van der Waals surface area contributed by atoms with E-state index in [-0.39, 0.29) is 9.79 Å². The fourth-order valence-corrected chi connectivity index (χ4v) is 6.44. The molecule has 4 aromatic carbocycles. The van der Waals surface area contributed by atoms with Crippen LogP contribution < -0.4 is 14.3 Å². The number of carbonyl (C=O) groups excluding carboxylic acids is 1. The van der Waals surface area contributed by atoms with E-state index in [1.807, 2.05) is 13.0 Å². The number of amides is 1. The summed E-state index contributed by atoms with van der Waals surface area (Å²) in [7, 11) is -7.87. The Morgan fingerprint density at radius 1 is 0.711 bits per heavy atom. The number of benzene rings is 4. The highest BCUT2D eigenvalue weighted by Crippen LogP contribution is 2.28. The summed E-state index contributed by atoms with van der Waals surface area (Å²) in [5, 5.41) is 2.66. The molecule has 0 radical (unpaired) electrons. The van der Waals surface area contributed by atoms with Crippen molar-refractivity contribution in [3.63, 3.8) is 0 Å². The monoisotopic (exact) mass is 549 g/mol. The highest BCUT2D eigenvalue weighted by atomic mass is 32.2. The predicted molar refractivity (Wildman–Crippen MR) is 149 cm³/mol. The number of anilines is 3. The van der Waals surface area contributed by atoms with E-state index in [0.29, 0.717) is 22.6 Å². The van der Waals surface area contributed by atoms with E-state index in [4.69, 9.17) is 0 Å². The molecule has 0 aliphatic carbocycles. The maximum atomic E-state index is 13.5. The van der Waals surface area contributed by atoms with Crippen molar-refractivity contribution in [3.05, 3.63) is 114 Å². The first kappa shape index (κ1) is 26.9. The number of rotatable bonds is 9. The van der Waals surface area contributed by atoms with Crippen molar-refractivity contribution in [1.82, 2.24) is 0 Å². The van der Waals surface area contributed by atoms with Crippen LogP contribution in [0.1, 0.15) is 11.1 Å². The molecular formula is C28H27N3O5S2. The normalized spacial score (nSPS) is 11.5. The Morgan fingerprint density at radius 3 is 1.92 bits per heavy atom. The second kappa shape index (κ2) is 11.1. The van der Waals surface area contributed by atoms with Gasteiger partial charge in [-0.3, -0.25) is 13.8 Å². The zero-order chi connectivity index (χ0) is 27.3. The molecule has 0 heterocycles. The van der Waals surface area contributed by atoms with E-state index in [1.165, 1.54) is 36.4 Å². The second-order valence-electron chi connectivity index (χ2n) is 8.66.